The zero-order valence-corrected chi connectivity index (χ0v) is 11.1. The molecule has 20 heavy (non-hydrogen) atoms. The number of hydrogen-bond donors (Lipinski definition) is 2. The molecule has 1 aliphatic heterocycles. The Balaban J connectivity index is 2.30. The van der Waals surface area contributed by atoms with Gasteiger partial charge in [-0.15, -0.1) is 0 Å². The van der Waals surface area contributed by atoms with Crippen LogP contribution in [0.4, 0.5) is 5.69 Å². The van der Waals surface area contributed by atoms with Gasteiger partial charge in [0.25, 0.3) is 0 Å². The highest BCUT2D eigenvalue weighted by Crippen LogP contribution is 2.25. The number of para-hydroxylation sites is 1. The molecule has 0 saturated carbocycles. The Morgan fingerprint density at radius 2 is 2.10 bits per heavy atom. The van der Waals surface area contributed by atoms with E-state index < -0.39 is 12.0 Å². The fraction of sp³-hybridized carbons (Fsp3) is 0.357. The van der Waals surface area contributed by atoms with E-state index in [0.29, 0.717) is 0 Å². The van der Waals surface area contributed by atoms with Crippen molar-refractivity contribution in [2.24, 2.45) is 0 Å². The van der Waals surface area contributed by atoms with Gasteiger partial charge < -0.3 is 10.0 Å². The standard InChI is InChI=1S/C14H16N2O4/c1-9-4-2-3-5-10(9)16(7-6-13(18)19)11-8-12(17)15-14(11)20/h2-5,11H,6-8H2,1H3,(H,18,19)(H,15,17,20). The average molecular weight is 276 g/mol. The molecule has 2 amide bonds. The summed E-state index contributed by atoms with van der Waals surface area (Å²) in [6.07, 6.45) is -0.0287. The van der Waals surface area contributed by atoms with Crippen LogP contribution in [0.2, 0.25) is 0 Å². The van der Waals surface area contributed by atoms with Gasteiger partial charge in [0, 0.05) is 12.2 Å². The molecule has 2 rings (SSSR count). The molecule has 6 heteroatoms. The number of carboxylic acids is 1. The van der Waals surface area contributed by atoms with Crippen LogP contribution in [0.25, 0.3) is 0 Å². The number of imide groups is 1. The van der Waals surface area contributed by atoms with Gasteiger partial charge in [-0.2, -0.15) is 0 Å². The maximum absolute atomic E-state index is 11.8. The van der Waals surface area contributed by atoms with Crippen molar-refractivity contribution in [1.29, 1.82) is 0 Å². The summed E-state index contributed by atoms with van der Waals surface area (Å²) in [5.41, 5.74) is 1.72. The minimum atomic E-state index is -0.937. The molecule has 0 spiro atoms. The van der Waals surface area contributed by atoms with E-state index in [-0.39, 0.29) is 31.2 Å². The van der Waals surface area contributed by atoms with Gasteiger partial charge >= 0.3 is 5.97 Å². The quantitative estimate of drug-likeness (QED) is 0.773. The summed E-state index contributed by atoms with van der Waals surface area (Å²) in [7, 11) is 0. The average Bonchev–Trinajstić information content (AvgIpc) is 2.71. The second-order valence-corrected chi connectivity index (χ2v) is 4.76. The molecular weight excluding hydrogens is 260 g/mol. The molecule has 2 N–H and O–H groups in total. The molecule has 1 heterocycles. The van der Waals surface area contributed by atoms with Crippen LogP contribution in [-0.4, -0.2) is 35.5 Å². The third-order valence-corrected chi connectivity index (χ3v) is 3.31. The molecule has 0 aliphatic carbocycles. The van der Waals surface area contributed by atoms with E-state index in [4.69, 9.17) is 5.11 Å². The van der Waals surface area contributed by atoms with E-state index in [1.54, 1.807) is 4.90 Å². The molecule has 1 aromatic carbocycles. The van der Waals surface area contributed by atoms with Gasteiger partial charge in [-0.1, -0.05) is 18.2 Å². The number of amides is 2. The van der Waals surface area contributed by atoms with E-state index >= 15 is 0 Å². The van der Waals surface area contributed by atoms with E-state index in [1.165, 1.54) is 0 Å². The number of rotatable bonds is 5. The second kappa shape index (κ2) is 5.73. The molecule has 1 saturated heterocycles. The van der Waals surface area contributed by atoms with E-state index in [0.717, 1.165) is 11.3 Å². The number of carbonyl (C=O) groups excluding carboxylic acids is 2. The van der Waals surface area contributed by atoms with Gasteiger partial charge in [-0.25, -0.2) is 0 Å². The maximum Gasteiger partial charge on any atom is 0.305 e. The second-order valence-electron chi connectivity index (χ2n) is 4.76. The minimum Gasteiger partial charge on any atom is -0.481 e. The van der Waals surface area contributed by atoms with Crippen LogP contribution in [0.3, 0.4) is 0 Å². The van der Waals surface area contributed by atoms with Crippen molar-refractivity contribution in [1.82, 2.24) is 5.32 Å². The molecule has 1 aliphatic rings. The van der Waals surface area contributed by atoms with Gasteiger partial charge in [-0.3, -0.25) is 19.7 Å². The third kappa shape index (κ3) is 2.96. The topological polar surface area (TPSA) is 86.7 Å². The Morgan fingerprint density at radius 3 is 2.65 bits per heavy atom. The summed E-state index contributed by atoms with van der Waals surface area (Å²) < 4.78 is 0. The van der Waals surface area contributed by atoms with Crippen molar-refractivity contribution >= 4 is 23.5 Å². The lowest BCUT2D eigenvalue weighted by molar-refractivity contribution is -0.137. The number of benzene rings is 1. The highest BCUT2D eigenvalue weighted by atomic mass is 16.4. The number of nitrogens with zero attached hydrogens (tertiary/aromatic N) is 1. The zero-order valence-electron chi connectivity index (χ0n) is 11.1. The molecule has 0 bridgehead atoms. The summed E-state index contributed by atoms with van der Waals surface area (Å²) >= 11 is 0. The first-order valence-corrected chi connectivity index (χ1v) is 6.37. The monoisotopic (exact) mass is 276 g/mol. The molecule has 1 aromatic rings. The third-order valence-electron chi connectivity index (χ3n) is 3.31. The fourth-order valence-corrected chi connectivity index (χ4v) is 2.34. The molecule has 6 nitrogen and oxygen atoms in total. The van der Waals surface area contributed by atoms with E-state index in [1.807, 2.05) is 31.2 Å². The Hall–Kier alpha value is -2.37. The molecule has 1 atom stereocenters. The first-order valence-electron chi connectivity index (χ1n) is 6.37. The SMILES string of the molecule is Cc1ccccc1N(CCC(=O)O)C1CC(=O)NC1=O. The van der Waals surface area contributed by atoms with E-state index in [2.05, 4.69) is 5.32 Å². The van der Waals surface area contributed by atoms with Crippen LogP contribution in [-0.2, 0) is 14.4 Å². The molecule has 1 unspecified atom stereocenters. The predicted molar refractivity (Wildman–Crippen MR) is 72.3 cm³/mol. The smallest absolute Gasteiger partial charge is 0.305 e. The van der Waals surface area contributed by atoms with Crippen molar-refractivity contribution < 1.29 is 19.5 Å². The van der Waals surface area contributed by atoms with Crippen molar-refractivity contribution in [3.05, 3.63) is 29.8 Å². The van der Waals surface area contributed by atoms with Crippen LogP contribution in [0, 0.1) is 6.92 Å². The first kappa shape index (κ1) is 14.0. The van der Waals surface area contributed by atoms with Crippen LogP contribution in [0.1, 0.15) is 18.4 Å². The molecule has 106 valence electrons. The zero-order chi connectivity index (χ0) is 14.7. The Morgan fingerprint density at radius 1 is 1.40 bits per heavy atom. The van der Waals surface area contributed by atoms with Crippen molar-refractivity contribution in [3.63, 3.8) is 0 Å². The highest BCUT2D eigenvalue weighted by molar-refractivity contribution is 6.07. The van der Waals surface area contributed by atoms with Gasteiger partial charge in [0.05, 0.1) is 12.8 Å². The maximum atomic E-state index is 11.8. The fourth-order valence-electron chi connectivity index (χ4n) is 2.34. The lowest BCUT2D eigenvalue weighted by Gasteiger charge is -2.29. The lowest BCUT2D eigenvalue weighted by Crippen LogP contribution is -2.42. The van der Waals surface area contributed by atoms with E-state index in [9.17, 15) is 14.4 Å². The molecule has 0 radical (unpaired) electrons. The largest absolute Gasteiger partial charge is 0.481 e. The highest BCUT2D eigenvalue weighted by Gasteiger charge is 2.36. The Kier molecular flexibility index (Phi) is 4.02. The molecular formula is C14H16N2O4. The summed E-state index contributed by atoms with van der Waals surface area (Å²) in [4.78, 5) is 35.7. The Labute approximate surface area is 116 Å². The minimum absolute atomic E-state index is 0.0623. The van der Waals surface area contributed by atoms with Crippen LogP contribution < -0.4 is 10.2 Å². The number of aryl methyl sites for hydroxylation is 1. The summed E-state index contributed by atoms with van der Waals surface area (Å²) in [6.45, 7) is 2.07. The van der Waals surface area contributed by atoms with Gasteiger partial charge in [0.15, 0.2) is 0 Å². The number of carboxylic acid groups (broad SMARTS) is 1. The predicted octanol–water partition coefficient (Wildman–Crippen LogP) is 0.691. The van der Waals surface area contributed by atoms with Crippen LogP contribution in [0.5, 0.6) is 0 Å². The first-order chi connectivity index (χ1) is 9.49. The van der Waals surface area contributed by atoms with Crippen molar-refractivity contribution in [3.8, 4) is 0 Å². The number of anilines is 1. The van der Waals surface area contributed by atoms with Gasteiger partial charge in [-0.05, 0) is 18.6 Å². The molecule has 0 aromatic heterocycles. The van der Waals surface area contributed by atoms with Crippen molar-refractivity contribution in [2.75, 3.05) is 11.4 Å². The Bertz CT molecular complexity index is 556. The number of nitrogens with one attached hydrogen (secondary N) is 1. The van der Waals surface area contributed by atoms with Gasteiger partial charge in [0.1, 0.15) is 6.04 Å². The summed E-state index contributed by atoms with van der Waals surface area (Å²) in [5.74, 6) is -1.63. The van der Waals surface area contributed by atoms with Gasteiger partial charge in [0.2, 0.25) is 11.8 Å². The lowest BCUT2D eigenvalue weighted by atomic mass is 10.1. The molecule has 1 fully saturated rings. The number of aliphatic carboxylic acids is 1. The van der Waals surface area contributed by atoms with Crippen LogP contribution in [0.15, 0.2) is 24.3 Å². The summed E-state index contributed by atoms with van der Waals surface area (Å²) in [5, 5.41) is 11.1. The van der Waals surface area contributed by atoms with Crippen molar-refractivity contribution in [2.45, 2.75) is 25.8 Å². The number of hydrogen-bond acceptors (Lipinski definition) is 4. The number of carbonyl (C=O) groups is 3. The van der Waals surface area contributed by atoms with Crippen LogP contribution >= 0.6 is 0 Å². The summed E-state index contributed by atoms with van der Waals surface area (Å²) in [6, 6.07) is 6.77. The normalized spacial score (nSPS) is 17.9.